The fourth-order valence-electron chi connectivity index (χ4n) is 2.50. The molecule has 1 fully saturated rings. The van der Waals surface area contributed by atoms with E-state index in [9.17, 15) is 4.39 Å². The molecule has 1 aliphatic carbocycles. The number of hydrogen-bond acceptors (Lipinski definition) is 3. The molecule has 1 aliphatic rings. The van der Waals surface area contributed by atoms with Crippen LogP contribution in [0.1, 0.15) is 37.8 Å². The van der Waals surface area contributed by atoms with Gasteiger partial charge in [0.05, 0.1) is 12.3 Å². The van der Waals surface area contributed by atoms with Crippen molar-refractivity contribution in [1.29, 1.82) is 0 Å². The second kappa shape index (κ2) is 6.35. The highest BCUT2D eigenvalue weighted by atomic mass is 19.1. The van der Waals surface area contributed by atoms with Gasteiger partial charge in [0.25, 0.3) is 0 Å². The molecule has 2 N–H and O–H groups in total. The van der Waals surface area contributed by atoms with Crippen LogP contribution in [-0.2, 0) is 0 Å². The number of rotatable bonds is 6. The Morgan fingerprint density at radius 1 is 1.47 bits per heavy atom. The Bertz CT molecular complexity index is 421. The van der Waals surface area contributed by atoms with Gasteiger partial charge in [0, 0.05) is 18.6 Å². The number of nitrogens with one attached hydrogen (secondary N) is 1. The van der Waals surface area contributed by atoms with E-state index in [4.69, 9.17) is 5.11 Å². The Kier molecular flexibility index (Phi) is 4.77. The zero-order valence-corrected chi connectivity index (χ0v) is 11.7. The van der Waals surface area contributed by atoms with Crippen LogP contribution < -0.4 is 10.2 Å². The number of hydrogen-bond donors (Lipinski definition) is 2. The Hall–Kier alpha value is -1.13. The van der Waals surface area contributed by atoms with Crippen LogP contribution in [-0.4, -0.2) is 31.3 Å². The Balaban J connectivity index is 2.22. The molecule has 1 aromatic carbocycles. The van der Waals surface area contributed by atoms with Crippen LogP contribution in [0.4, 0.5) is 10.1 Å². The maximum atomic E-state index is 14.3. The van der Waals surface area contributed by atoms with Gasteiger partial charge < -0.3 is 15.3 Å². The smallest absolute Gasteiger partial charge is 0.146 e. The van der Waals surface area contributed by atoms with E-state index in [0.717, 1.165) is 18.4 Å². The molecule has 0 saturated heterocycles. The molecule has 0 spiro atoms. The third kappa shape index (κ3) is 3.07. The third-order valence-electron chi connectivity index (χ3n) is 4.07. The quantitative estimate of drug-likeness (QED) is 0.830. The second-order valence-corrected chi connectivity index (χ2v) is 5.22. The van der Waals surface area contributed by atoms with Gasteiger partial charge >= 0.3 is 0 Å². The minimum atomic E-state index is -0.194. The van der Waals surface area contributed by atoms with E-state index in [2.05, 4.69) is 5.32 Å². The molecule has 0 aliphatic heterocycles. The van der Waals surface area contributed by atoms with Crippen molar-refractivity contribution < 1.29 is 9.50 Å². The normalized spacial score (nSPS) is 17.1. The van der Waals surface area contributed by atoms with Crippen molar-refractivity contribution in [2.24, 2.45) is 0 Å². The molecule has 0 heterocycles. The molecule has 1 aromatic rings. The Labute approximate surface area is 114 Å². The second-order valence-electron chi connectivity index (χ2n) is 5.22. The van der Waals surface area contributed by atoms with Gasteiger partial charge in [-0.2, -0.15) is 0 Å². The highest BCUT2D eigenvalue weighted by molar-refractivity contribution is 5.51. The summed E-state index contributed by atoms with van der Waals surface area (Å²) >= 11 is 0. The minimum Gasteiger partial charge on any atom is -0.395 e. The van der Waals surface area contributed by atoms with Gasteiger partial charge in [-0.25, -0.2) is 4.39 Å². The highest BCUT2D eigenvalue weighted by Gasteiger charge is 2.26. The number of halogens is 1. The molecule has 3 nitrogen and oxygen atoms in total. The Morgan fingerprint density at radius 2 is 2.21 bits per heavy atom. The van der Waals surface area contributed by atoms with Gasteiger partial charge in [-0.3, -0.25) is 0 Å². The predicted molar refractivity (Wildman–Crippen MR) is 75.9 cm³/mol. The molecule has 1 saturated carbocycles. The monoisotopic (exact) mass is 266 g/mol. The molecule has 19 heavy (non-hydrogen) atoms. The van der Waals surface area contributed by atoms with E-state index in [0.29, 0.717) is 18.3 Å². The molecule has 4 heteroatoms. The minimum absolute atomic E-state index is 0.0601. The third-order valence-corrected chi connectivity index (χ3v) is 4.07. The predicted octanol–water partition coefficient (Wildman–Crippen LogP) is 2.46. The summed E-state index contributed by atoms with van der Waals surface area (Å²) in [5.41, 5.74) is 1.56. The topological polar surface area (TPSA) is 35.5 Å². The average Bonchev–Trinajstić information content (AvgIpc) is 2.35. The zero-order valence-electron chi connectivity index (χ0n) is 11.7. The fraction of sp³-hybridized carbons (Fsp3) is 0.600. The van der Waals surface area contributed by atoms with E-state index in [-0.39, 0.29) is 18.5 Å². The van der Waals surface area contributed by atoms with Gasteiger partial charge in [-0.1, -0.05) is 6.07 Å². The van der Waals surface area contributed by atoms with Gasteiger partial charge in [0.15, 0.2) is 0 Å². The summed E-state index contributed by atoms with van der Waals surface area (Å²) in [5, 5.41) is 12.3. The van der Waals surface area contributed by atoms with Crippen LogP contribution in [0.5, 0.6) is 0 Å². The first-order chi connectivity index (χ1) is 9.17. The maximum Gasteiger partial charge on any atom is 0.146 e. The SMILES string of the molecule is CNC(C)c1ccc(N(CCO)C2CCC2)c(F)c1. The van der Waals surface area contributed by atoms with Crippen molar-refractivity contribution in [3.63, 3.8) is 0 Å². The highest BCUT2D eigenvalue weighted by Crippen LogP contribution is 2.32. The molecule has 0 bridgehead atoms. The first-order valence-corrected chi connectivity index (χ1v) is 7.01. The summed E-state index contributed by atoms with van der Waals surface area (Å²) in [7, 11) is 1.86. The van der Waals surface area contributed by atoms with Crippen LogP contribution in [0.15, 0.2) is 18.2 Å². The van der Waals surface area contributed by atoms with Crippen molar-refractivity contribution in [3.05, 3.63) is 29.6 Å². The van der Waals surface area contributed by atoms with Crippen LogP contribution in [0.3, 0.4) is 0 Å². The van der Waals surface area contributed by atoms with Crippen molar-refractivity contribution in [2.75, 3.05) is 25.1 Å². The standard InChI is InChI=1S/C15H23FN2O/c1-11(17-2)12-6-7-15(14(16)10-12)18(8-9-19)13-4-3-5-13/h6-7,10-11,13,17,19H,3-5,8-9H2,1-2H3. The maximum absolute atomic E-state index is 14.3. The summed E-state index contributed by atoms with van der Waals surface area (Å²) < 4.78 is 14.3. The van der Waals surface area contributed by atoms with E-state index in [1.807, 2.05) is 31.0 Å². The lowest BCUT2D eigenvalue weighted by molar-refractivity contribution is 0.282. The Morgan fingerprint density at radius 3 is 2.68 bits per heavy atom. The number of nitrogens with zero attached hydrogens (tertiary/aromatic N) is 1. The molecule has 0 amide bonds. The average molecular weight is 266 g/mol. The van der Waals surface area contributed by atoms with Crippen molar-refractivity contribution in [2.45, 2.75) is 38.3 Å². The van der Waals surface area contributed by atoms with Crippen molar-refractivity contribution >= 4 is 5.69 Å². The molecular formula is C15H23FN2O. The molecule has 106 valence electrons. The number of anilines is 1. The van der Waals surface area contributed by atoms with Crippen LogP contribution in [0, 0.1) is 5.82 Å². The van der Waals surface area contributed by atoms with E-state index in [1.165, 1.54) is 6.42 Å². The summed E-state index contributed by atoms with van der Waals surface area (Å²) in [4.78, 5) is 2.01. The molecule has 2 rings (SSSR count). The lowest BCUT2D eigenvalue weighted by atomic mass is 9.91. The fourth-order valence-corrected chi connectivity index (χ4v) is 2.50. The number of aliphatic hydroxyl groups excluding tert-OH is 1. The molecule has 1 atom stereocenters. The molecule has 1 unspecified atom stereocenters. The van der Waals surface area contributed by atoms with Crippen molar-refractivity contribution in [3.8, 4) is 0 Å². The number of benzene rings is 1. The molecule has 0 radical (unpaired) electrons. The van der Waals surface area contributed by atoms with Gasteiger partial charge in [0.2, 0.25) is 0 Å². The first kappa shape index (κ1) is 14.3. The first-order valence-electron chi connectivity index (χ1n) is 7.01. The lowest BCUT2D eigenvalue weighted by Gasteiger charge is -2.39. The molecule has 0 aromatic heterocycles. The van der Waals surface area contributed by atoms with E-state index >= 15 is 0 Å². The summed E-state index contributed by atoms with van der Waals surface area (Å²) in [6.45, 7) is 2.57. The van der Waals surface area contributed by atoms with Crippen LogP contribution in [0.25, 0.3) is 0 Å². The van der Waals surface area contributed by atoms with Gasteiger partial charge in [-0.05, 0) is 50.9 Å². The van der Waals surface area contributed by atoms with Gasteiger partial charge in [-0.15, -0.1) is 0 Å². The largest absolute Gasteiger partial charge is 0.395 e. The van der Waals surface area contributed by atoms with Crippen LogP contribution >= 0.6 is 0 Å². The van der Waals surface area contributed by atoms with E-state index in [1.54, 1.807) is 6.07 Å². The van der Waals surface area contributed by atoms with Crippen molar-refractivity contribution in [1.82, 2.24) is 5.32 Å². The van der Waals surface area contributed by atoms with Crippen LogP contribution in [0.2, 0.25) is 0 Å². The van der Waals surface area contributed by atoms with Gasteiger partial charge in [0.1, 0.15) is 5.82 Å². The lowest BCUT2D eigenvalue weighted by Crippen LogP contribution is -2.42. The summed E-state index contributed by atoms with van der Waals surface area (Å²) in [6, 6.07) is 5.92. The van der Waals surface area contributed by atoms with E-state index < -0.39 is 0 Å². The molecular weight excluding hydrogens is 243 g/mol. The zero-order chi connectivity index (χ0) is 13.8. The summed E-state index contributed by atoms with van der Waals surface area (Å²) in [6.07, 6.45) is 3.38. The summed E-state index contributed by atoms with van der Waals surface area (Å²) in [5.74, 6) is -0.194. The number of aliphatic hydroxyl groups is 1.